The quantitative estimate of drug-likeness (QED) is 0.531. The maximum atomic E-state index is 9.09. The topological polar surface area (TPSA) is 73.6 Å². The molecule has 0 aliphatic rings. The maximum Gasteiger partial charge on any atom is 0.229 e. The minimum atomic E-state index is 0.504. The van der Waals surface area contributed by atoms with Gasteiger partial charge < -0.3 is 10.6 Å². The smallest absolute Gasteiger partial charge is 0.229 e. The number of hydrogen-bond donors (Lipinski definition) is 2. The molecular formula is C22H23N5. The van der Waals surface area contributed by atoms with Crippen molar-refractivity contribution < 1.29 is 0 Å². The highest BCUT2D eigenvalue weighted by Crippen LogP contribution is 2.23. The van der Waals surface area contributed by atoms with Crippen molar-refractivity contribution >= 4 is 17.5 Å². The fourth-order valence-corrected chi connectivity index (χ4v) is 2.74. The van der Waals surface area contributed by atoms with Crippen LogP contribution in [-0.4, -0.2) is 16.5 Å². The Morgan fingerprint density at radius 3 is 2.59 bits per heavy atom. The van der Waals surface area contributed by atoms with Gasteiger partial charge >= 0.3 is 0 Å². The Morgan fingerprint density at radius 2 is 1.81 bits per heavy atom. The van der Waals surface area contributed by atoms with Crippen molar-refractivity contribution in [2.45, 2.75) is 26.2 Å². The molecule has 5 nitrogen and oxygen atoms in total. The lowest BCUT2D eigenvalue weighted by Gasteiger charge is -2.11. The van der Waals surface area contributed by atoms with Crippen LogP contribution in [0.2, 0.25) is 0 Å². The third-order valence-electron chi connectivity index (χ3n) is 4.13. The van der Waals surface area contributed by atoms with Gasteiger partial charge in [-0.2, -0.15) is 10.2 Å². The van der Waals surface area contributed by atoms with Gasteiger partial charge in [-0.05, 0) is 24.6 Å². The molecule has 5 heteroatoms. The Labute approximate surface area is 160 Å². The minimum Gasteiger partial charge on any atom is -0.370 e. The molecule has 2 N–H and O–H groups in total. The summed E-state index contributed by atoms with van der Waals surface area (Å²) < 4.78 is 0. The minimum absolute atomic E-state index is 0.504. The van der Waals surface area contributed by atoms with Crippen LogP contribution in [0.3, 0.4) is 0 Å². The van der Waals surface area contributed by atoms with E-state index < -0.39 is 0 Å². The number of aromatic nitrogens is 2. The third-order valence-corrected chi connectivity index (χ3v) is 4.13. The van der Waals surface area contributed by atoms with E-state index in [9.17, 15) is 0 Å². The number of benzene rings is 2. The molecule has 1 heterocycles. The number of hydrogen-bond acceptors (Lipinski definition) is 5. The van der Waals surface area contributed by atoms with E-state index in [1.165, 1.54) is 12.8 Å². The predicted molar refractivity (Wildman–Crippen MR) is 110 cm³/mol. The first-order valence-corrected chi connectivity index (χ1v) is 9.24. The molecule has 3 rings (SSSR count). The van der Waals surface area contributed by atoms with Gasteiger partial charge in [-0.15, -0.1) is 0 Å². The standard InChI is InChI=1S/C22H23N5/c1-2-3-7-13-24-21-15-20(18-10-5-4-6-11-18)26-22(27-21)25-19-12-8-9-17(14-19)16-23/h4-6,8-12,14-15H,2-3,7,13H2,1H3,(H2,24,25,26,27). The van der Waals surface area contributed by atoms with Crippen molar-refractivity contribution in [2.24, 2.45) is 0 Å². The summed E-state index contributed by atoms with van der Waals surface area (Å²) in [6.45, 7) is 3.07. The molecule has 1 aromatic heterocycles. The molecule has 0 fully saturated rings. The fraction of sp³-hybridized carbons (Fsp3) is 0.227. The molecule has 0 amide bonds. The molecule has 3 aromatic rings. The zero-order chi connectivity index (χ0) is 18.9. The normalized spacial score (nSPS) is 10.2. The van der Waals surface area contributed by atoms with E-state index in [-0.39, 0.29) is 0 Å². The van der Waals surface area contributed by atoms with Crippen LogP contribution in [-0.2, 0) is 0 Å². The van der Waals surface area contributed by atoms with E-state index in [4.69, 9.17) is 5.26 Å². The Morgan fingerprint density at radius 1 is 0.963 bits per heavy atom. The zero-order valence-corrected chi connectivity index (χ0v) is 15.4. The van der Waals surface area contributed by atoms with Crippen LogP contribution in [0.4, 0.5) is 17.5 Å². The second-order valence-electron chi connectivity index (χ2n) is 6.28. The lowest BCUT2D eigenvalue weighted by molar-refractivity contribution is 0.742. The van der Waals surface area contributed by atoms with Gasteiger partial charge in [0.25, 0.3) is 0 Å². The van der Waals surface area contributed by atoms with Crippen LogP contribution >= 0.6 is 0 Å². The molecule has 0 aliphatic heterocycles. The van der Waals surface area contributed by atoms with Gasteiger partial charge in [0, 0.05) is 23.9 Å². The van der Waals surface area contributed by atoms with Crippen molar-refractivity contribution in [1.82, 2.24) is 9.97 Å². The van der Waals surface area contributed by atoms with Crippen LogP contribution < -0.4 is 10.6 Å². The summed E-state index contributed by atoms with van der Waals surface area (Å²) in [7, 11) is 0. The molecule has 0 saturated carbocycles. The van der Waals surface area contributed by atoms with E-state index in [1.54, 1.807) is 12.1 Å². The molecule has 0 radical (unpaired) electrons. The summed E-state index contributed by atoms with van der Waals surface area (Å²) in [5.74, 6) is 1.29. The Hall–Kier alpha value is -3.39. The van der Waals surface area contributed by atoms with Crippen molar-refractivity contribution in [3.05, 3.63) is 66.2 Å². The number of unbranched alkanes of at least 4 members (excludes halogenated alkanes) is 2. The molecule has 0 unspecified atom stereocenters. The highest BCUT2D eigenvalue weighted by molar-refractivity contribution is 5.66. The summed E-state index contributed by atoms with van der Waals surface area (Å²) in [4.78, 5) is 9.24. The third kappa shape index (κ3) is 5.29. The van der Waals surface area contributed by atoms with Gasteiger partial charge in [0.1, 0.15) is 5.82 Å². The molecular weight excluding hydrogens is 334 g/mol. The van der Waals surface area contributed by atoms with Crippen LogP contribution in [0.25, 0.3) is 11.3 Å². The highest BCUT2D eigenvalue weighted by atomic mass is 15.1. The van der Waals surface area contributed by atoms with E-state index >= 15 is 0 Å². The first-order chi connectivity index (χ1) is 13.3. The SMILES string of the molecule is CCCCCNc1cc(-c2ccccc2)nc(Nc2cccc(C#N)c2)n1. The van der Waals surface area contributed by atoms with Gasteiger partial charge in [0.15, 0.2) is 0 Å². The molecule has 2 aromatic carbocycles. The first kappa shape index (κ1) is 18.4. The fourth-order valence-electron chi connectivity index (χ4n) is 2.74. The van der Waals surface area contributed by atoms with Crippen LogP contribution in [0.1, 0.15) is 31.7 Å². The summed E-state index contributed by atoms with van der Waals surface area (Å²) in [5, 5.41) is 15.7. The summed E-state index contributed by atoms with van der Waals surface area (Å²) in [5.41, 5.74) is 3.26. The number of rotatable bonds is 8. The molecule has 0 aliphatic carbocycles. The van der Waals surface area contributed by atoms with E-state index in [0.717, 1.165) is 35.7 Å². The summed E-state index contributed by atoms with van der Waals surface area (Å²) in [6.07, 6.45) is 3.48. The molecule has 0 bridgehead atoms. The van der Waals surface area contributed by atoms with E-state index in [1.807, 2.05) is 48.5 Å². The largest absolute Gasteiger partial charge is 0.370 e. The second kappa shape index (κ2) is 9.35. The number of nitrogens with zero attached hydrogens (tertiary/aromatic N) is 3. The molecule has 0 atom stereocenters. The van der Waals surface area contributed by atoms with Gasteiger partial charge in [-0.3, -0.25) is 0 Å². The molecule has 136 valence electrons. The lowest BCUT2D eigenvalue weighted by atomic mass is 10.1. The number of anilines is 3. The summed E-state index contributed by atoms with van der Waals surface area (Å²) in [6, 6.07) is 21.5. The monoisotopic (exact) mass is 357 g/mol. The Bertz CT molecular complexity index is 915. The average molecular weight is 357 g/mol. The predicted octanol–water partition coefficient (Wildman–Crippen LogP) is 5.36. The maximum absolute atomic E-state index is 9.09. The van der Waals surface area contributed by atoms with E-state index in [0.29, 0.717) is 11.5 Å². The number of nitriles is 1. The van der Waals surface area contributed by atoms with Gasteiger partial charge in [-0.25, -0.2) is 4.98 Å². The van der Waals surface area contributed by atoms with Crippen LogP contribution in [0.5, 0.6) is 0 Å². The Kier molecular flexibility index (Phi) is 6.37. The average Bonchev–Trinajstić information content (AvgIpc) is 2.72. The van der Waals surface area contributed by atoms with Crippen molar-refractivity contribution in [3.63, 3.8) is 0 Å². The van der Waals surface area contributed by atoms with Crippen LogP contribution in [0.15, 0.2) is 60.7 Å². The molecule has 0 spiro atoms. The van der Waals surface area contributed by atoms with Gasteiger partial charge in [0.05, 0.1) is 17.3 Å². The molecule has 0 saturated heterocycles. The first-order valence-electron chi connectivity index (χ1n) is 9.24. The van der Waals surface area contributed by atoms with Crippen LogP contribution in [0, 0.1) is 11.3 Å². The van der Waals surface area contributed by atoms with Gasteiger partial charge in [-0.1, -0.05) is 56.2 Å². The van der Waals surface area contributed by atoms with Crippen molar-refractivity contribution in [2.75, 3.05) is 17.2 Å². The number of nitrogens with one attached hydrogen (secondary N) is 2. The van der Waals surface area contributed by atoms with Gasteiger partial charge in [0.2, 0.25) is 5.95 Å². The van der Waals surface area contributed by atoms with E-state index in [2.05, 4.69) is 33.6 Å². The highest BCUT2D eigenvalue weighted by Gasteiger charge is 2.07. The Balaban J connectivity index is 1.88. The molecule has 27 heavy (non-hydrogen) atoms. The lowest BCUT2D eigenvalue weighted by Crippen LogP contribution is -2.07. The van der Waals surface area contributed by atoms with Crippen molar-refractivity contribution in [1.29, 1.82) is 5.26 Å². The second-order valence-corrected chi connectivity index (χ2v) is 6.28. The zero-order valence-electron chi connectivity index (χ0n) is 15.4. The summed E-state index contributed by atoms with van der Waals surface area (Å²) >= 11 is 0. The van der Waals surface area contributed by atoms with Crippen molar-refractivity contribution in [3.8, 4) is 17.3 Å².